The fourth-order valence-corrected chi connectivity index (χ4v) is 1.76. The summed E-state index contributed by atoms with van der Waals surface area (Å²) in [4.78, 5) is 0. The van der Waals surface area contributed by atoms with E-state index < -0.39 is 0 Å². The van der Waals surface area contributed by atoms with Gasteiger partial charge in [-0.2, -0.15) is 0 Å². The molecule has 72 valence electrons. The van der Waals surface area contributed by atoms with Crippen LogP contribution in [0.2, 0.25) is 0 Å². The van der Waals surface area contributed by atoms with E-state index in [0.717, 1.165) is 0 Å². The van der Waals surface area contributed by atoms with Gasteiger partial charge in [-0.1, -0.05) is 26.0 Å². The first-order valence-electron chi connectivity index (χ1n) is 5.07. The molecule has 0 amide bonds. The van der Waals surface area contributed by atoms with E-state index in [9.17, 15) is 0 Å². The van der Waals surface area contributed by atoms with Crippen molar-refractivity contribution >= 4 is 10.9 Å². The summed E-state index contributed by atoms with van der Waals surface area (Å²) in [6.07, 6.45) is 2.22. The highest BCUT2D eigenvalue weighted by molar-refractivity contribution is 5.75. The maximum atomic E-state index is 2.28. The third-order valence-corrected chi connectivity index (χ3v) is 2.65. The minimum Gasteiger partial charge on any atom is -0.201 e. The van der Waals surface area contributed by atoms with Crippen LogP contribution in [0.25, 0.3) is 10.9 Å². The van der Waals surface area contributed by atoms with Crippen molar-refractivity contribution in [3.8, 4) is 0 Å². The molecule has 2 rings (SSSR count). The summed E-state index contributed by atoms with van der Waals surface area (Å²) in [6, 6.07) is 10.8. The fraction of sp³-hybridized carbons (Fsp3) is 0.308. The van der Waals surface area contributed by atoms with Crippen LogP contribution in [0.1, 0.15) is 25.3 Å². The highest BCUT2D eigenvalue weighted by Crippen LogP contribution is 2.17. The molecule has 1 aromatic heterocycles. The Balaban J connectivity index is 2.72. The molecular weight excluding hydrogens is 170 g/mol. The van der Waals surface area contributed by atoms with Gasteiger partial charge in [-0.05, 0) is 18.1 Å². The van der Waals surface area contributed by atoms with E-state index in [1.54, 1.807) is 0 Å². The highest BCUT2D eigenvalue weighted by atomic mass is 14.9. The molecule has 0 aliphatic carbocycles. The largest absolute Gasteiger partial charge is 0.212 e. The van der Waals surface area contributed by atoms with Gasteiger partial charge in [-0.25, -0.2) is 4.57 Å². The van der Waals surface area contributed by atoms with Crippen LogP contribution in [0.4, 0.5) is 0 Å². The first-order chi connectivity index (χ1) is 6.68. The molecule has 0 aliphatic rings. The smallest absolute Gasteiger partial charge is 0.201 e. The lowest BCUT2D eigenvalue weighted by Gasteiger charge is -2.04. The molecule has 0 N–H and O–H groups in total. The van der Waals surface area contributed by atoms with Gasteiger partial charge in [0.05, 0.1) is 0 Å². The molecule has 0 aliphatic heterocycles. The zero-order valence-corrected chi connectivity index (χ0v) is 8.99. The van der Waals surface area contributed by atoms with E-state index in [1.165, 1.54) is 16.5 Å². The first-order valence-corrected chi connectivity index (χ1v) is 5.07. The van der Waals surface area contributed by atoms with Crippen molar-refractivity contribution in [2.75, 3.05) is 0 Å². The van der Waals surface area contributed by atoms with Crippen LogP contribution in [0, 0.1) is 0 Å². The van der Waals surface area contributed by atoms with Crippen LogP contribution in [0.5, 0.6) is 0 Å². The Morgan fingerprint density at radius 2 is 1.86 bits per heavy atom. The van der Waals surface area contributed by atoms with Gasteiger partial charge in [0.2, 0.25) is 5.52 Å². The number of pyridine rings is 1. The molecule has 14 heavy (non-hydrogen) atoms. The van der Waals surface area contributed by atoms with E-state index in [4.69, 9.17) is 0 Å². The Labute approximate surface area is 85.0 Å². The topological polar surface area (TPSA) is 3.88 Å². The maximum Gasteiger partial charge on any atom is 0.212 e. The van der Waals surface area contributed by atoms with Gasteiger partial charge in [0, 0.05) is 17.0 Å². The predicted octanol–water partition coefficient (Wildman–Crippen LogP) is 2.79. The second kappa shape index (κ2) is 3.41. The normalized spacial score (nSPS) is 11.1. The molecule has 0 radical (unpaired) electrons. The number of nitrogens with zero attached hydrogens (tertiary/aromatic N) is 1. The quantitative estimate of drug-likeness (QED) is 0.603. The second-order valence-electron chi connectivity index (χ2n) is 4.10. The molecule has 2 aromatic rings. The fourth-order valence-electron chi connectivity index (χ4n) is 1.76. The van der Waals surface area contributed by atoms with E-state index in [2.05, 4.69) is 62.0 Å². The molecule has 1 aromatic carbocycles. The number of fused-ring (bicyclic) bond motifs is 1. The third-order valence-electron chi connectivity index (χ3n) is 2.65. The molecule has 0 saturated carbocycles. The van der Waals surface area contributed by atoms with Gasteiger partial charge in [-0.3, -0.25) is 0 Å². The Kier molecular flexibility index (Phi) is 2.24. The van der Waals surface area contributed by atoms with E-state index >= 15 is 0 Å². The molecule has 0 saturated heterocycles. The summed E-state index contributed by atoms with van der Waals surface area (Å²) < 4.78 is 2.20. The second-order valence-corrected chi connectivity index (χ2v) is 4.10. The van der Waals surface area contributed by atoms with Crippen molar-refractivity contribution in [2.45, 2.75) is 19.8 Å². The number of aromatic nitrogens is 1. The number of aryl methyl sites for hydroxylation is 1. The molecule has 0 fully saturated rings. The number of rotatable bonds is 1. The minimum absolute atomic E-state index is 0.589. The van der Waals surface area contributed by atoms with E-state index in [1.807, 2.05) is 0 Å². The lowest BCUT2D eigenvalue weighted by Crippen LogP contribution is -2.29. The highest BCUT2D eigenvalue weighted by Gasteiger charge is 2.08. The summed E-state index contributed by atoms with van der Waals surface area (Å²) >= 11 is 0. The van der Waals surface area contributed by atoms with Gasteiger partial charge in [0.25, 0.3) is 0 Å². The lowest BCUT2D eigenvalue weighted by atomic mass is 10.0. The van der Waals surface area contributed by atoms with Crippen LogP contribution in [0.3, 0.4) is 0 Å². The molecule has 1 nitrogen and oxygen atoms in total. The predicted molar refractivity (Wildman–Crippen MR) is 59.2 cm³/mol. The summed E-state index contributed by atoms with van der Waals surface area (Å²) in [6.45, 7) is 4.45. The molecule has 0 bridgehead atoms. The van der Waals surface area contributed by atoms with Gasteiger partial charge >= 0.3 is 0 Å². The molecule has 1 heteroatoms. The third kappa shape index (κ3) is 1.50. The number of para-hydroxylation sites is 1. The lowest BCUT2D eigenvalue weighted by molar-refractivity contribution is -0.645. The zero-order chi connectivity index (χ0) is 10.1. The Morgan fingerprint density at radius 1 is 1.14 bits per heavy atom. The Morgan fingerprint density at radius 3 is 2.57 bits per heavy atom. The average molecular weight is 186 g/mol. The first kappa shape index (κ1) is 9.20. The number of hydrogen-bond acceptors (Lipinski definition) is 0. The van der Waals surface area contributed by atoms with Gasteiger partial charge in [0.15, 0.2) is 6.20 Å². The number of hydrogen-bond donors (Lipinski definition) is 0. The maximum absolute atomic E-state index is 2.28. The van der Waals surface area contributed by atoms with Gasteiger partial charge < -0.3 is 0 Å². The van der Waals surface area contributed by atoms with Crippen LogP contribution < -0.4 is 4.57 Å². The standard InChI is InChI=1S/C13H16N/c1-10(2)12-8-11-6-4-5-7-13(11)14(3)9-12/h4-10H,1-3H3/q+1. The van der Waals surface area contributed by atoms with Crippen LogP contribution in [-0.4, -0.2) is 0 Å². The van der Waals surface area contributed by atoms with Crippen molar-refractivity contribution in [3.05, 3.63) is 42.1 Å². The van der Waals surface area contributed by atoms with Gasteiger partial charge in [-0.15, -0.1) is 0 Å². The van der Waals surface area contributed by atoms with E-state index in [0.29, 0.717) is 5.92 Å². The molecule has 0 atom stereocenters. The van der Waals surface area contributed by atoms with E-state index in [-0.39, 0.29) is 0 Å². The van der Waals surface area contributed by atoms with Crippen molar-refractivity contribution < 1.29 is 4.57 Å². The Bertz CT molecular complexity index is 458. The summed E-state index contributed by atoms with van der Waals surface area (Å²) in [5.74, 6) is 0.589. The van der Waals surface area contributed by atoms with Crippen LogP contribution in [-0.2, 0) is 7.05 Å². The molecule has 0 unspecified atom stereocenters. The van der Waals surface area contributed by atoms with Crippen molar-refractivity contribution in [1.29, 1.82) is 0 Å². The minimum atomic E-state index is 0.589. The van der Waals surface area contributed by atoms with Crippen molar-refractivity contribution in [3.63, 3.8) is 0 Å². The van der Waals surface area contributed by atoms with Crippen molar-refractivity contribution in [2.24, 2.45) is 7.05 Å². The number of benzene rings is 1. The van der Waals surface area contributed by atoms with Crippen LogP contribution >= 0.6 is 0 Å². The summed E-state index contributed by atoms with van der Waals surface area (Å²) in [5.41, 5.74) is 2.68. The van der Waals surface area contributed by atoms with Crippen LogP contribution in [0.15, 0.2) is 36.5 Å². The SMILES string of the molecule is CC(C)c1cc2ccccc2[n+](C)c1. The Hall–Kier alpha value is -1.37. The zero-order valence-electron chi connectivity index (χ0n) is 8.99. The van der Waals surface area contributed by atoms with Gasteiger partial charge in [0.1, 0.15) is 7.05 Å². The summed E-state index contributed by atoms with van der Waals surface area (Å²) in [5, 5.41) is 1.32. The molecule has 1 heterocycles. The van der Waals surface area contributed by atoms with Crippen molar-refractivity contribution in [1.82, 2.24) is 0 Å². The summed E-state index contributed by atoms with van der Waals surface area (Å²) in [7, 11) is 2.11. The molecular formula is C13H16N+. The molecule has 0 spiro atoms. The monoisotopic (exact) mass is 186 g/mol. The average Bonchev–Trinajstić information content (AvgIpc) is 2.17.